The van der Waals surface area contributed by atoms with Crippen LogP contribution in [0, 0.1) is 0 Å². The largest absolute Gasteiger partial charge is 0.394 e. The molecule has 1 saturated heterocycles. The van der Waals surface area contributed by atoms with Gasteiger partial charge in [0.25, 0.3) is 0 Å². The van der Waals surface area contributed by atoms with Gasteiger partial charge in [-0.2, -0.15) is 0 Å². The number of nitrogens with one attached hydrogen (secondary N) is 2. The fraction of sp³-hybridized carbons (Fsp3) is 0.636. The molecule has 0 saturated carbocycles. The van der Waals surface area contributed by atoms with Gasteiger partial charge in [-0.05, 0) is 6.92 Å². The lowest BCUT2D eigenvalue weighted by Crippen LogP contribution is -2.34. The molecular weight excluding hydrogens is 256 g/mol. The van der Waals surface area contributed by atoms with Gasteiger partial charge >= 0.3 is 0 Å². The molecule has 2 unspecified atom stereocenters. The number of ether oxygens (including phenoxy) is 1. The molecular formula is C11H17ClN4O2. The van der Waals surface area contributed by atoms with E-state index in [1.807, 2.05) is 6.92 Å². The topological polar surface area (TPSA) is 79.3 Å². The summed E-state index contributed by atoms with van der Waals surface area (Å²) in [5.74, 6) is 1.16. The maximum absolute atomic E-state index is 9.01. The van der Waals surface area contributed by atoms with Crippen LogP contribution in [0.15, 0.2) is 6.07 Å². The van der Waals surface area contributed by atoms with Crippen molar-refractivity contribution in [3.05, 3.63) is 17.0 Å². The van der Waals surface area contributed by atoms with E-state index in [-0.39, 0.29) is 18.8 Å². The fourth-order valence-electron chi connectivity index (χ4n) is 1.68. The van der Waals surface area contributed by atoms with E-state index < -0.39 is 0 Å². The van der Waals surface area contributed by atoms with E-state index >= 15 is 0 Å². The minimum atomic E-state index is -0.178. The third-order valence-electron chi connectivity index (χ3n) is 2.60. The van der Waals surface area contributed by atoms with Crippen molar-refractivity contribution < 1.29 is 9.84 Å². The molecule has 0 radical (unpaired) electrons. The fourth-order valence-corrected chi connectivity index (χ4v) is 1.87. The summed E-state index contributed by atoms with van der Waals surface area (Å²) in [4.78, 5) is 8.54. The Balaban J connectivity index is 2.14. The average molecular weight is 273 g/mol. The molecule has 2 heterocycles. The van der Waals surface area contributed by atoms with Crippen LogP contribution in [-0.4, -0.2) is 47.4 Å². The van der Waals surface area contributed by atoms with Crippen molar-refractivity contribution in [2.75, 3.05) is 31.6 Å². The molecule has 18 heavy (non-hydrogen) atoms. The monoisotopic (exact) mass is 272 g/mol. The molecule has 0 amide bonds. The van der Waals surface area contributed by atoms with Crippen LogP contribution in [0.2, 0.25) is 5.15 Å². The summed E-state index contributed by atoms with van der Waals surface area (Å²) in [5, 5.41) is 15.6. The minimum absolute atomic E-state index is 0.0262. The molecule has 1 aromatic rings. The summed E-state index contributed by atoms with van der Waals surface area (Å²) >= 11 is 5.97. The predicted octanol–water partition coefficient (Wildman–Crippen LogP) is 0.584. The van der Waals surface area contributed by atoms with Crippen molar-refractivity contribution in [3.8, 4) is 0 Å². The highest BCUT2D eigenvalue weighted by Gasteiger charge is 2.19. The van der Waals surface area contributed by atoms with Crippen LogP contribution in [0.3, 0.4) is 0 Å². The Hall–Kier alpha value is -0.950. The van der Waals surface area contributed by atoms with Crippen molar-refractivity contribution in [3.63, 3.8) is 0 Å². The first-order valence-corrected chi connectivity index (χ1v) is 6.31. The van der Waals surface area contributed by atoms with Gasteiger partial charge in [0.1, 0.15) is 17.1 Å². The molecule has 0 aliphatic carbocycles. The molecule has 1 aliphatic rings. The van der Waals surface area contributed by atoms with Crippen LogP contribution >= 0.6 is 11.6 Å². The lowest BCUT2D eigenvalue weighted by atomic mass is 10.3. The van der Waals surface area contributed by atoms with Gasteiger partial charge in [-0.3, -0.25) is 0 Å². The number of halogens is 1. The standard InChI is InChI=1S/C11H17ClN4O2/c1-7(6-17)14-10-4-9(12)15-11(16-10)8-5-13-2-3-18-8/h4,7-8,13,17H,2-3,5-6H2,1H3,(H,14,15,16). The van der Waals surface area contributed by atoms with Crippen molar-refractivity contribution in [1.82, 2.24) is 15.3 Å². The number of aromatic nitrogens is 2. The highest BCUT2D eigenvalue weighted by molar-refractivity contribution is 6.29. The Kier molecular flexibility index (Phi) is 4.71. The van der Waals surface area contributed by atoms with Crippen LogP contribution in [0.5, 0.6) is 0 Å². The summed E-state index contributed by atoms with van der Waals surface area (Å²) < 4.78 is 5.58. The second-order valence-corrected chi connectivity index (χ2v) is 4.61. The van der Waals surface area contributed by atoms with Crippen LogP contribution in [0.1, 0.15) is 18.9 Å². The third-order valence-corrected chi connectivity index (χ3v) is 2.79. The van der Waals surface area contributed by atoms with Gasteiger partial charge in [0.05, 0.1) is 13.2 Å². The van der Waals surface area contributed by atoms with E-state index in [4.69, 9.17) is 21.4 Å². The Morgan fingerprint density at radius 2 is 2.50 bits per heavy atom. The van der Waals surface area contributed by atoms with Crippen LogP contribution in [0.25, 0.3) is 0 Å². The number of hydrogen-bond acceptors (Lipinski definition) is 6. The van der Waals surface area contributed by atoms with E-state index in [0.29, 0.717) is 29.9 Å². The van der Waals surface area contributed by atoms with Crippen molar-refractivity contribution >= 4 is 17.4 Å². The van der Waals surface area contributed by atoms with Gasteiger partial charge in [-0.15, -0.1) is 0 Å². The Labute approximate surface area is 111 Å². The Morgan fingerprint density at radius 1 is 1.67 bits per heavy atom. The zero-order valence-corrected chi connectivity index (χ0v) is 10.9. The highest BCUT2D eigenvalue weighted by atomic mass is 35.5. The van der Waals surface area contributed by atoms with Crippen molar-refractivity contribution in [1.29, 1.82) is 0 Å². The first-order chi connectivity index (χ1) is 8.69. The number of aliphatic hydroxyl groups is 1. The molecule has 7 heteroatoms. The Bertz CT molecular complexity index is 399. The highest BCUT2D eigenvalue weighted by Crippen LogP contribution is 2.20. The maximum Gasteiger partial charge on any atom is 0.162 e. The minimum Gasteiger partial charge on any atom is -0.394 e. The number of hydrogen-bond donors (Lipinski definition) is 3. The van der Waals surface area contributed by atoms with Crippen molar-refractivity contribution in [2.24, 2.45) is 0 Å². The summed E-state index contributed by atoms with van der Waals surface area (Å²) in [5.41, 5.74) is 0. The van der Waals surface area contributed by atoms with Crippen LogP contribution in [-0.2, 0) is 4.74 Å². The van der Waals surface area contributed by atoms with Gasteiger partial charge in [-0.1, -0.05) is 11.6 Å². The van der Waals surface area contributed by atoms with E-state index in [1.165, 1.54) is 0 Å². The zero-order chi connectivity index (χ0) is 13.0. The molecule has 1 fully saturated rings. The molecule has 1 aromatic heterocycles. The van der Waals surface area contributed by atoms with Gasteiger partial charge < -0.3 is 20.5 Å². The summed E-state index contributed by atoms with van der Waals surface area (Å²) in [6, 6.07) is 1.54. The lowest BCUT2D eigenvalue weighted by Gasteiger charge is -2.23. The summed E-state index contributed by atoms with van der Waals surface area (Å²) in [6.07, 6.45) is -0.178. The van der Waals surface area contributed by atoms with Gasteiger partial charge in [0.2, 0.25) is 0 Å². The number of rotatable bonds is 4. The number of morpholine rings is 1. The number of nitrogens with zero attached hydrogens (tertiary/aromatic N) is 2. The van der Waals surface area contributed by atoms with Crippen LogP contribution in [0.4, 0.5) is 5.82 Å². The first kappa shape index (κ1) is 13.5. The second kappa shape index (κ2) is 6.29. The van der Waals surface area contributed by atoms with Crippen LogP contribution < -0.4 is 10.6 Å². The summed E-state index contributed by atoms with van der Waals surface area (Å²) in [7, 11) is 0. The zero-order valence-electron chi connectivity index (χ0n) is 10.2. The summed E-state index contributed by atoms with van der Waals surface area (Å²) in [6.45, 7) is 4.03. The molecule has 0 spiro atoms. The number of aliphatic hydroxyl groups excluding tert-OH is 1. The molecule has 1 aliphatic heterocycles. The molecule has 2 atom stereocenters. The van der Waals surface area contributed by atoms with Crippen molar-refractivity contribution in [2.45, 2.75) is 19.1 Å². The SMILES string of the molecule is CC(CO)Nc1cc(Cl)nc(C2CNCCO2)n1. The quantitative estimate of drug-likeness (QED) is 0.696. The third kappa shape index (κ3) is 3.52. The average Bonchev–Trinajstić information content (AvgIpc) is 2.39. The van der Waals surface area contributed by atoms with Gasteiger partial charge in [0, 0.05) is 25.2 Å². The second-order valence-electron chi connectivity index (χ2n) is 4.23. The molecule has 3 N–H and O–H groups in total. The van der Waals surface area contributed by atoms with E-state index in [0.717, 1.165) is 6.54 Å². The molecule has 0 bridgehead atoms. The predicted molar refractivity (Wildman–Crippen MR) is 68.8 cm³/mol. The number of anilines is 1. The molecule has 100 valence electrons. The van der Waals surface area contributed by atoms with E-state index in [2.05, 4.69) is 20.6 Å². The van der Waals surface area contributed by atoms with E-state index in [1.54, 1.807) is 6.07 Å². The van der Waals surface area contributed by atoms with Gasteiger partial charge in [0.15, 0.2) is 5.82 Å². The smallest absolute Gasteiger partial charge is 0.162 e. The van der Waals surface area contributed by atoms with E-state index in [9.17, 15) is 0 Å². The lowest BCUT2D eigenvalue weighted by molar-refractivity contribution is 0.0222. The molecule has 2 rings (SSSR count). The first-order valence-electron chi connectivity index (χ1n) is 5.93. The van der Waals surface area contributed by atoms with Gasteiger partial charge in [-0.25, -0.2) is 9.97 Å². The maximum atomic E-state index is 9.01. The molecule has 6 nitrogen and oxygen atoms in total. The normalized spacial score (nSPS) is 21.6. The Morgan fingerprint density at radius 3 is 3.17 bits per heavy atom. The molecule has 0 aromatic carbocycles.